The molecule has 0 spiro atoms. The average Bonchev–Trinajstić information content (AvgIpc) is 2.46. The molecule has 0 bridgehead atoms. The van der Waals surface area contributed by atoms with Crippen molar-refractivity contribution < 1.29 is 9.13 Å². The van der Waals surface area contributed by atoms with Crippen molar-refractivity contribution in [3.63, 3.8) is 0 Å². The third kappa shape index (κ3) is 4.03. The predicted molar refractivity (Wildman–Crippen MR) is 88.6 cm³/mol. The molecule has 0 saturated heterocycles. The highest BCUT2D eigenvalue weighted by molar-refractivity contribution is 9.10. The van der Waals surface area contributed by atoms with E-state index in [1.807, 2.05) is 24.3 Å². The Morgan fingerprint density at radius 3 is 2.57 bits per heavy atom. The summed E-state index contributed by atoms with van der Waals surface area (Å²) in [6.45, 7) is 0. The molecule has 0 aliphatic rings. The van der Waals surface area contributed by atoms with E-state index >= 15 is 0 Å². The zero-order valence-corrected chi connectivity index (χ0v) is 14.5. The fraction of sp³-hybridized carbons (Fsp3) is 0.200. The lowest BCUT2D eigenvalue weighted by atomic mass is 9.99. The van der Waals surface area contributed by atoms with Gasteiger partial charge in [0.1, 0.15) is 11.6 Å². The summed E-state index contributed by atoms with van der Waals surface area (Å²) >= 11 is 6.69. The Kier molecular flexibility index (Phi) is 5.75. The molecule has 3 nitrogen and oxygen atoms in total. The van der Waals surface area contributed by atoms with Crippen LogP contribution in [0.1, 0.15) is 17.2 Å². The van der Waals surface area contributed by atoms with E-state index in [4.69, 9.17) is 10.6 Å². The molecule has 0 saturated carbocycles. The smallest absolute Gasteiger partial charge is 0.133 e. The minimum atomic E-state index is -0.253. The third-order valence-electron chi connectivity index (χ3n) is 3.22. The topological polar surface area (TPSA) is 47.3 Å². The van der Waals surface area contributed by atoms with Gasteiger partial charge in [-0.1, -0.05) is 28.1 Å². The highest BCUT2D eigenvalue weighted by Crippen LogP contribution is 2.29. The van der Waals surface area contributed by atoms with E-state index in [1.165, 1.54) is 6.07 Å². The van der Waals surface area contributed by atoms with Crippen molar-refractivity contribution in [2.24, 2.45) is 5.84 Å². The Balaban J connectivity index is 2.25. The lowest BCUT2D eigenvalue weighted by Crippen LogP contribution is -2.29. The second kappa shape index (κ2) is 7.35. The van der Waals surface area contributed by atoms with Crippen LogP contribution in [0.15, 0.2) is 45.3 Å². The number of hydrazine groups is 1. The van der Waals surface area contributed by atoms with Crippen LogP contribution < -0.4 is 16.0 Å². The van der Waals surface area contributed by atoms with Crippen LogP contribution in [0.3, 0.4) is 0 Å². The molecule has 3 N–H and O–H groups in total. The van der Waals surface area contributed by atoms with E-state index in [1.54, 1.807) is 13.2 Å². The summed E-state index contributed by atoms with van der Waals surface area (Å²) in [5, 5.41) is 0. The van der Waals surface area contributed by atoms with Crippen LogP contribution in [0.4, 0.5) is 4.39 Å². The molecule has 112 valence electrons. The van der Waals surface area contributed by atoms with Gasteiger partial charge in [0.15, 0.2) is 0 Å². The zero-order chi connectivity index (χ0) is 15.4. The number of ether oxygens (including phenoxy) is 1. The van der Waals surface area contributed by atoms with Crippen molar-refractivity contribution >= 4 is 31.9 Å². The van der Waals surface area contributed by atoms with Crippen molar-refractivity contribution in [1.29, 1.82) is 0 Å². The Bertz CT molecular complexity index is 637. The second-order valence-corrected chi connectivity index (χ2v) is 6.32. The SMILES string of the molecule is COc1ccc(C(Cc2ccc(Br)cc2F)NN)cc1Br. The van der Waals surface area contributed by atoms with Crippen LogP contribution >= 0.6 is 31.9 Å². The first-order valence-electron chi connectivity index (χ1n) is 6.28. The van der Waals surface area contributed by atoms with E-state index in [0.29, 0.717) is 16.5 Å². The molecule has 6 heteroatoms. The highest BCUT2D eigenvalue weighted by Gasteiger charge is 2.15. The summed E-state index contributed by atoms with van der Waals surface area (Å²) in [4.78, 5) is 0. The summed E-state index contributed by atoms with van der Waals surface area (Å²) in [5.41, 5.74) is 4.29. The molecule has 1 unspecified atom stereocenters. The lowest BCUT2D eigenvalue weighted by molar-refractivity contribution is 0.411. The van der Waals surface area contributed by atoms with Gasteiger partial charge in [0.25, 0.3) is 0 Å². The molecular formula is C15H15Br2FN2O. The van der Waals surface area contributed by atoms with Crippen molar-refractivity contribution in [3.8, 4) is 5.75 Å². The van der Waals surface area contributed by atoms with E-state index in [-0.39, 0.29) is 11.9 Å². The molecule has 0 amide bonds. The van der Waals surface area contributed by atoms with Crippen LogP contribution in [-0.2, 0) is 6.42 Å². The third-order valence-corrected chi connectivity index (χ3v) is 4.33. The first-order chi connectivity index (χ1) is 10.0. The van der Waals surface area contributed by atoms with Crippen molar-refractivity contribution in [3.05, 3.63) is 62.3 Å². The molecule has 21 heavy (non-hydrogen) atoms. The summed E-state index contributed by atoms with van der Waals surface area (Å²) < 4.78 is 20.7. The molecule has 0 aromatic heterocycles. The number of nitrogens with two attached hydrogens (primary N) is 1. The number of nitrogens with one attached hydrogen (secondary N) is 1. The summed E-state index contributed by atoms with van der Waals surface area (Å²) in [5.74, 6) is 6.11. The molecule has 0 fully saturated rings. The van der Waals surface area contributed by atoms with Crippen LogP contribution in [-0.4, -0.2) is 7.11 Å². The van der Waals surface area contributed by atoms with Gasteiger partial charge in [-0.15, -0.1) is 0 Å². The van der Waals surface area contributed by atoms with Gasteiger partial charge in [-0.05, 0) is 57.7 Å². The van der Waals surface area contributed by atoms with E-state index in [9.17, 15) is 4.39 Å². The molecular weight excluding hydrogens is 403 g/mol. The number of methoxy groups -OCH3 is 1. The van der Waals surface area contributed by atoms with Crippen molar-refractivity contribution in [2.45, 2.75) is 12.5 Å². The first-order valence-corrected chi connectivity index (χ1v) is 7.87. The number of hydrogen-bond acceptors (Lipinski definition) is 3. The molecule has 2 aromatic carbocycles. The normalized spacial score (nSPS) is 12.2. The molecule has 0 radical (unpaired) electrons. The standard InChI is InChI=1S/C15H15Br2FN2O/c1-21-15-5-3-10(6-12(15)17)14(20-19)7-9-2-4-11(16)8-13(9)18/h2-6,8,14,20H,7,19H2,1H3. The molecule has 1 atom stereocenters. The van der Waals surface area contributed by atoms with Gasteiger partial charge < -0.3 is 4.74 Å². The molecule has 0 heterocycles. The van der Waals surface area contributed by atoms with Crippen LogP contribution in [0.25, 0.3) is 0 Å². The van der Waals surface area contributed by atoms with E-state index in [2.05, 4.69) is 37.3 Å². The Morgan fingerprint density at radius 1 is 1.24 bits per heavy atom. The Hall–Kier alpha value is -0.950. The maximum absolute atomic E-state index is 13.9. The van der Waals surface area contributed by atoms with Crippen molar-refractivity contribution in [2.75, 3.05) is 7.11 Å². The number of rotatable bonds is 5. The van der Waals surface area contributed by atoms with Gasteiger partial charge in [-0.2, -0.15) is 0 Å². The molecule has 0 aliphatic carbocycles. The molecule has 2 rings (SSSR count). The monoisotopic (exact) mass is 416 g/mol. The largest absolute Gasteiger partial charge is 0.496 e. The quantitative estimate of drug-likeness (QED) is 0.568. The number of hydrogen-bond donors (Lipinski definition) is 2. The van der Waals surface area contributed by atoms with E-state index in [0.717, 1.165) is 15.8 Å². The van der Waals surface area contributed by atoms with Gasteiger partial charge in [-0.3, -0.25) is 11.3 Å². The van der Waals surface area contributed by atoms with Gasteiger partial charge >= 0.3 is 0 Å². The van der Waals surface area contributed by atoms with Crippen LogP contribution in [0, 0.1) is 5.82 Å². The highest BCUT2D eigenvalue weighted by atomic mass is 79.9. The van der Waals surface area contributed by atoms with Gasteiger partial charge in [0.05, 0.1) is 17.6 Å². The Morgan fingerprint density at radius 2 is 2.00 bits per heavy atom. The van der Waals surface area contributed by atoms with Gasteiger partial charge in [0.2, 0.25) is 0 Å². The van der Waals surface area contributed by atoms with Gasteiger partial charge in [0, 0.05) is 4.47 Å². The zero-order valence-electron chi connectivity index (χ0n) is 11.4. The maximum atomic E-state index is 13.9. The first kappa shape index (κ1) is 16.4. The number of halogens is 3. The lowest BCUT2D eigenvalue weighted by Gasteiger charge is -2.18. The second-order valence-electron chi connectivity index (χ2n) is 4.55. The average molecular weight is 418 g/mol. The summed E-state index contributed by atoms with van der Waals surface area (Å²) in [6.07, 6.45) is 0.453. The molecule has 2 aromatic rings. The minimum absolute atomic E-state index is 0.192. The number of benzene rings is 2. The van der Waals surface area contributed by atoms with Crippen molar-refractivity contribution in [1.82, 2.24) is 5.43 Å². The van der Waals surface area contributed by atoms with Crippen LogP contribution in [0.2, 0.25) is 0 Å². The van der Waals surface area contributed by atoms with Gasteiger partial charge in [-0.25, -0.2) is 4.39 Å². The molecule has 0 aliphatic heterocycles. The fourth-order valence-electron chi connectivity index (χ4n) is 2.08. The Labute approximate surface area is 139 Å². The summed E-state index contributed by atoms with van der Waals surface area (Å²) in [6, 6.07) is 10.5. The fourth-order valence-corrected chi connectivity index (χ4v) is 2.97. The minimum Gasteiger partial charge on any atom is -0.496 e. The van der Waals surface area contributed by atoms with Crippen LogP contribution in [0.5, 0.6) is 5.75 Å². The maximum Gasteiger partial charge on any atom is 0.133 e. The summed E-state index contributed by atoms with van der Waals surface area (Å²) in [7, 11) is 1.61. The van der Waals surface area contributed by atoms with E-state index < -0.39 is 0 Å². The predicted octanol–water partition coefficient (Wildman–Crippen LogP) is 4.11.